The number of phenols is 1. The quantitative estimate of drug-likeness (QED) is 0.621. The maximum absolute atomic E-state index is 12.6. The van der Waals surface area contributed by atoms with Gasteiger partial charge >= 0.3 is 5.97 Å². The van der Waals surface area contributed by atoms with Gasteiger partial charge in [-0.25, -0.2) is 9.79 Å². The van der Waals surface area contributed by atoms with Crippen LogP contribution in [-0.4, -0.2) is 40.8 Å². The summed E-state index contributed by atoms with van der Waals surface area (Å²) < 4.78 is 10.1. The van der Waals surface area contributed by atoms with E-state index in [1.54, 1.807) is 43.3 Å². The lowest BCUT2D eigenvalue weighted by Gasteiger charge is -2.04. The van der Waals surface area contributed by atoms with E-state index < -0.39 is 11.9 Å². The molecular formula is C22H18ClNO6S. The van der Waals surface area contributed by atoms with Gasteiger partial charge in [0, 0.05) is 0 Å². The molecule has 2 aromatic rings. The predicted octanol–water partition coefficient (Wildman–Crippen LogP) is 4.76. The number of carbonyl (C=O) groups excluding carboxylic acids is 2. The number of aromatic hydroxyl groups is 1. The Bertz CT molecular complexity index is 1140. The highest BCUT2D eigenvalue weighted by atomic mass is 35.5. The first-order chi connectivity index (χ1) is 14.8. The van der Waals surface area contributed by atoms with Crippen LogP contribution in [0.15, 0.2) is 63.7 Å². The molecule has 1 amide bonds. The molecule has 0 spiro atoms. The van der Waals surface area contributed by atoms with Crippen molar-refractivity contribution in [2.75, 3.05) is 13.7 Å². The standard InChI is InChI=1S/C22H18ClNO6S/c1-3-30-22(28)18-19(26)17(11-12-8-9-15(25)16(10-12)29-2)31-21(18)24-20(27)13-6-4-5-7-14(13)23/h4-11,25-26H,3H2,1-2H3/b17-11-,24-21?. The molecule has 0 fully saturated rings. The molecule has 0 radical (unpaired) electrons. The van der Waals surface area contributed by atoms with Crippen LogP contribution < -0.4 is 4.74 Å². The number of phenolic OH excluding ortho intramolecular Hbond substituents is 1. The Hall–Kier alpha value is -3.23. The largest absolute Gasteiger partial charge is 0.506 e. The Morgan fingerprint density at radius 2 is 1.94 bits per heavy atom. The molecule has 160 valence electrons. The summed E-state index contributed by atoms with van der Waals surface area (Å²) in [4.78, 5) is 29.4. The summed E-state index contributed by atoms with van der Waals surface area (Å²) in [5.74, 6) is -1.61. The van der Waals surface area contributed by atoms with E-state index in [9.17, 15) is 19.8 Å². The van der Waals surface area contributed by atoms with E-state index >= 15 is 0 Å². The van der Waals surface area contributed by atoms with E-state index in [1.807, 2.05) is 0 Å². The number of hydrogen-bond acceptors (Lipinski definition) is 7. The van der Waals surface area contributed by atoms with Gasteiger partial charge in [0.25, 0.3) is 5.91 Å². The predicted molar refractivity (Wildman–Crippen MR) is 120 cm³/mol. The molecule has 0 aromatic heterocycles. The van der Waals surface area contributed by atoms with Crippen molar-refractivity contribution in [1.29, 1.82) is 0 Å². The highest BCUT2D eigenvalue weighted by Gasteiger charge is 2.34. The Morgan fingerprint density at radius 3 is 2.61 bits per heavy atom. The average molecular weight is 460 g/mol. The summed E-state index contributed by atoms with van der Waals surface area (Å²) in [6.07, 6.45) is 1.57. The molecule has 0 aliphatic carbocycles. The Morgan fingerprint density at radius 1 is 1.19 bits per heavy atom. The number of methoxy groups -OCH3 is 1. The second kappa shape index (κ2) is 9.72. The molecule has 0 saturated carbocycles. The minimum atomic E-state index is -0.801. The van der Waals surface area contributed by atoms with Crippen LogP contribution in [0.1, 0.15) is 22.8 Å². The Labute approximate surface area is 187 Å². The van der Waals surface area contributed by atoms with Crippen LogP contribution in [0, 0.1) is 0 Å². The van der Waals surface area contributed by atoms with Crippen LogP contribution in [0.4, 0.5) is 0 Å². The second-order valence-corrected chi connectivity index (χ2v) is 7.63. The van der Waals surface area contributed by atoms with Crippen LogP contribution in [0.3, 0.4) is 0 Å². The molecule has 7 nitrogen and oxygen atoms in total. The molecule has 2 N–H and O–H groups in total. The average Bonchev–Trinajstić information content (AvgIpc) is 3.04. The van der Waals surface area contributed by atoms with Gasteiger partial charge in [-0.15, -0.1) is 0 Å². The van der Waals surface area contributed by atoms with E-state index in [0.29, 0.717) is 5.56 Å². The van der Waals surface area contributed by atoms with E-state index in [1.165, 1.54) is 19.2 Å². The number of aliphatic imine (C=N–C) groups is 1. The van der Waals surface area contributed by atoms with Crippen molar-refractivity contribution >= 4 is 46.4 Å². The van der Waals surface area contributed by atoms with Crippen LogP contribution in [0.2, 0.25) is 5.02 Å². The molecule has 1 aliphatic rings. The van der Waals surface area contributed by atoms with E-state index in [2.05, 4.69) is 4.99 Å². The van der Waals surface area contributed by atoms with Gasteiger partial charge in [-0.1, -0.05) is 41.6 Å². The van der Waals surface area contributed by atoms with Crippen LogP contribution in [0.25, 0.3) is 6.08 Å². The first kappa shape index (κ1) is 22.5. The molecule has 1 heterocycles. The fraction of sp³-hybridized carbons (Fsp3) is 0.136. The monoisotopic (exact) mass is 459 g/mol. The first-order valence-electron chi connectivity index (χ1n) is 9.10. The molecular weight excluding hydrogens is 442 g/mol. The topological polar surface area (TPSA) is 105 Å². The minimum Gasteiger partial charge on any atom is -0.506 e. The fourth-order valence-electron chi connectivity index (χ4n) is 2.71. The van der Waals surface area contributed by atoms with Gasteiger partial charge in [0.15, 0.2) is 11.5 Å². The van der Waals surface area contributed by atoms with Crippen molar-refractivity contribution in [3.8, 4) is 11.5 Å². The Kier molecular flexibility index (Phi) is 7.04. The van der Waals surface area contributed by atoms with Gasteiger partial charge in [0.1, 0.15) is 16.4 Å². The van der Waals surface area contributed by atoms with E-state index in [4.69, 9.17) is 21.1 Å². The smallest absolute Gasteiger partial charge is 0.344 e. The molecule has 0 saturated heterocycles. The number of esters is 1. The summed E-state index contributed by atoms with van der Waals surface area (Å²) in [7, 11) is 1.41. The summed E-state index contributed by atoms with van der Waals surface area (Å²) in [6, 6.07) is 11.0. The van der Waals surface area contributed by atoms with E-state index in [0.717, 1.165) is 11.8 Å². The number of ether oxygens (including phenoxy) is 2. The maximum Gasteiger partial charge on any atom is 0.344 e. The number of nitrogens with zero attached hydrogens (tertiary/aromatic N) is 1. The van der Waals surface area contributed by atoms with Crippen molar-refractivity contribution in [2.24, 2.45) is 4.99 Å². The molecule has 0 unspecified atom stereocenters. The van der Waals surface area contributed by atoms with Gasteiger partial charge in [0.05, 0.1) is 29.2 Å². The molecule has 1 aliphatic heterocycles. The summed E-state index contributed by atoms with van der Waals surface area (Å²) in [6.45, 7) is 1.71. The second-order valence-electron chi connectivity index (χ2n) is 6.19. The summed E-state index contributed by atoms with van der Waals surface area (Å²) >= 11 is 7.01. The molecule has 0 atom stereocenters. The van der Waals surface area contributed by atoms with Gasteiger partial charge in [-0.05, 0) is 42.8 Å². The zero-order chi connectivity index (χ0) is 22.5. The number of carbonyl (C=O) groups is 2. The number of benzene rings is 2. The normalized spacial score (nSPS) is 16.1. The van der Waals surface area contributed by atoms with Gasteiger partial charge in [-0.3, -0.25) is 4.79 Å². The number of amides is 1. The summed E-state index contributed by atoms with van der Waals surface area (Å²) in [5, 5.41) is 20.7. The van der Waals surface area contributed by atoms with Gasteiger partial charge in [0.2, 0.25) is 0 Å². The Balaban J connectivity index is 2.04. The molecule has 9 heteroatoms. The third-order valence-corrected chi connectivity index (χ3v) is 5.53. The van der Waals surface area contributed by atoms with Crippen molar-refractivity contribution in [3.05, 3.63) is 74.9 Å². The lowest BCUT2D eigenvalue weighted by Crippen LogP contribution is -2.14. The SMILES string of the molecule is CCOC(=O)C1=C(O)/C(=C/c2ccc(O)c(OC)c2)SC1=NC(=O)c1ccccc1Cl. The van der Waals surface area contributed by atoms with Gasteiger partial charge < -0.3 is 19.7 Å². The fourth-order valence-corrected chi connectivity index (χ4v) is 3.94. The number of halogens is 1. The van der Waals surface area contributed by atoms with Crippen LogP contribution >= 0.6 is 23.4 Å². The summed E-state index contributed by atoms with van der Waals surface area (Å²) in [5.41, 5.74) is 0.551. The molecule has 2 aromatic carbocycles. The highest BCUT2D eigenvalue weighted by Crippen LogP contribution is 2.40. The number of hydrogen-bond donors (Lipinski definition) is 2. The lowest BCUT2D eigenvalue weighted by atomic mass is 10.1. The third-order valence-electron chi connectivity index (χ3n) is 4.18. The highest BCUT2D eigenvalue weighted by molar-refractivity contribution is 8.18. The molecule has 3 rings (SSSR count). The van der Waals surface area contributed by atoms with Crippen molar-refractivity contribution in [1.82, 2.24) is 0 Å². The number of thioether (sulfide) groups is 1. The lowest BCUT2D eigenvalue weighted by molar-refractivity contribution is -0.138. The number of aliphatic hydroxyl groups is 1. The van der Waals surface area contributed by atoms with Gasteiger partial charge in [-0.2, -0.15) is 0 Å². The molecule has 31 heavy (non-hydrogen) atoms. The number of rotatable bonds is 5. The maximum atomic E-state index is 12.6. The van der Waals surface area contributed by atoms with Crippen LogP contribution in [0.5, 0.6) is 11.5 Å². The van der Waals surface area contributed by atoms with Crippen molar-refractivity contribution < 1.29 is 29.3 Å². The zero-order valence-electron chi connectivity index (χ0n) is 16.6. The minimum absolute atomic E-state index is 0.00198. The first-order valence-corrected chi connectivity index (χ1v) is 10.3. The van der Waals surface area contributed by atoms with Crippen molar-refractivity contribution in [2.45, 2.75) is 6.92 Å². The number of aliphatic hydroxyl groups excluding tert-OH is 1. The van der Waals surface area contributed by atoms with E-state index in [-0.39, 0.29) is 50.0 Å². The van der Waals surface area contributed by atoms with Crippen LogP contribution in [-0.2, 0) is 9.53 Å². The third kappa shape index (κ3) is 4.92. The molecule has 0 bridgehead atoms. The van der Waals surface area contributed by atoms with Crippen molar-refractivity contribution in [3.63, 3.8) is 0 Å². The zero-order valence-corrected chi connectivity index (χ0v) is 18.2.